The second-order valence-corrected chi connectivity index (χ2v) is 6.36. The van der Waals surface area contributed by atoms with Crippen molar-refractivity contribution in [3.63, 3.8) is 0 Å². The molecule has 2 nitrogen and oxygen atoms in total. The quantitative estimate of drug-likeness (QED) is 0.573. The molecule has 0 heterocycles. The van der Waals surface area contributed by atoms with Gasteiger partial charge in [-0.05, 0) is 45.6 Å². The first kappa shape index (κ1) is 16.0. The number of carbonyl (C=O) groups is 1. The van der Waals surface area contributed by atoms with E-state index in [2.05, 4.69) is 12.1 Å². The number of ether oxygens (including phenoxy) is 1. The van der Waals surface area contributed by atoms with E-state index in [1.807, 2.05) is 39.0 Å². The number of alkyl halides is 1. The number of rotatable bonds is 6. The fourth-order valence-electron chi connectivity index (χ4n) is 1.78. The maximum Gasteiger partial charge on any atom is 0.306 e. The Morgan fingerprint density at radius 2 is 1.84 bits per heavy atom. The second-order valence-electron chi connectivity index (χ2n) is 5.75. The molecule has 1 aromatic rings. The maximum absolute atomic E-state index is 11.6. The Labute approximate surface area is 121 Å². The van der Waals surface area contributed by atoms with Crippen LogP contribution in [0.4, 0.5) is 0 Å². The summed E-state index contributed by atoms with van der Waals surface area (Å²) in [6.07, 6.45) is 2.89. The summed E-state index contributed by atoms with van der Waals surface area (Å²) < 4.78 is 5.25. The fraction of sp³-hybridized carbons (Fsp3) is 0.562. The van der Waals surface area contributed by atoms with E-state index in [1.165, 1.54) is 5.56 Å². The Balaban J connectivity index is 2.21. The molecule has 0 N–H and O–H groups in total. The van der Waals surface area contributed by atoms with Crippen LogP contribution in [0.1, 0.15) is 45.6 Å². The fourth-order valence-corrected chi connectivity index (χ4v) is 2.00. The average Bonchev–Trinajstić information content (AvgIpc) is 2.33. The number of halogens is 1. The van der Waals surface area contributed by atoms with Gasteiger partial charge in [0, 0.05) is 11.8 Å². The van der Waals surface area contributed by atoms with Crippen molar-refractivity contribution in [2.75, 3.05) is 0 Å². The van der Waals surface area contributed by atoms with E-state index >= 15 is 0 Å². The van der Waals surface area contributed by atoms with E-state index in [1.54, 1.807) is 0 Å². The van der Waals surface area contributed by atoms with Gasteiger partial charge in [-0.1, -0.05) is 30.3 Å². The summed E-state index contributed by atoms with van der Waals surface area (Å²) in [5.41, 5.74) is 0.869. The molecule has 106 valence electrons. The largest absolute Gasteiger partial charge is 0.460 e. The van der Waals surface area contributed by atoms with Crippen LogP contribution >= 0.6 is 11.6 Å². The van der Waals surface area contributed by atoms with Crippen LogP contribution in [0.3, 0.4) is 0 Å². The molecule has 0 aliphatic rings. The smallest absolute Gasteiger partial charge is 0.306 e. The summed E-state index contributed by atoms with van der Waals surface area (Å²) in [5, 5.41) is 0.0210. The second kappa shape index (κ2) is 7.54. The van der Waals surface area contributed by atoms with Crippen LogP contribution in [0.15, 0.2) is 30.3 Å². The van der Waals surface area contributed by atoms with Crippen molar-refractivity contribution in [2.45, 2.75) is 57.4 Å². The lowest BCUT2D eigenvalue weighted by atomic mass is 10.1. The predicted molar refractivity (Wildman–Crippen MR) is 79.5 cm³/mol. The number of hydrogen-bond acceptors (Lipinski definition) is 2. The van der Waals surface area contributed by atoms with Crippen molar-refractivity contribution < 1.29 is 9.53 Å². The third kappa shape index (κ3) is 7.89. The molecule has 0 unspecified atom stereocenters. The molecule has 0 saturated carbocycles. The first-order valence-electron chi connectivity index (χ1n) is 6.76. The minimum Gasteiger partial charge on any atom is -0.460 e. The third-order valence-electron chi connectivity index (χ3n) is 2.67. The summed E-state index contributed by atoms with van der Waals surface area (Å²) in [4.78, 5) is 11.6. The SMILES string of the molecule is CC(C)(C)OC(=O)CC[C@@H](Cl)CCc1ccccc1. The highest BCUT2D eigenvalue weighted by Gasteiger charge is 2.17. The van der Waals surface area contributed by atoms with E-state index in [0.717, 1.165) is 12.8 Å². The topological polar surface area (TPSA) is 26.3 Å². The molecule has 1 rings (SSSR count). The number of hydrogen-bond donors (Lipinski definition) is 0. The molecule has 0 amide bonds. The van der Waals surface area contributed by atoms with E-state index in [0.29, 0.717) is 12.8 Å². The van der Waals surface area contributed by atoms with Gasteiger partial charge in [0.15, 0.2) is 0 Å². The lowest BCUT2D eigenvalue weighted by Crippen LogP contribution is -2.24. The first-order valence-corrected chi connectivity index (χ1v) is 7.20. The Bertz CT molecular complexity index is 381. The van der Waals surface area contributed by atoms with Crippen LogP contribution in [0, 0.1) is 0 Å². The van der Waals surface area contributed by atoms with Crippen molar-refractivity contribution in [2.24, 2.45) is 0 Å². The zero-order valence-corrected chi connectivity index (χ0v) is 12.7. The van der Waals surface area contributed by atoms with Crippen LogP contribution in [-0.2, 0) is 16.0 Å². The van der Waals surface area contributed by atoms with E-state index in [4.69, 9.17) is 16.3 Å². The van der Waals surface area contributed by atoms with Gasteiger partial charge in [-0.25, -0.2) is 0 Å². The standard InChI is InChI=1S/C16H23ClO2/c1-16(2,3)19-15(18)12-11-14(17)10-9-13-7-5-4-6-8-13/h4-8,14H,9-12H2,1-3H3/t14-/m0/s1. The summed E-state index contributed by atoms with van der Waals surface area (Å²) in [6, 6.07) is 10.2. The summed E-state index contributed by atoms with van der Waals surface area (Å²) >= 11 is 6.24. The Morgan fingerprint density at radius 1 is 1.21 bits per heavy atom. The molecule has 0 aromatic heterocycles. The molecular formula is C16H23ClO2. The summed E-state index contributed by atoms with van der Waals surface area (Å²) in [6.45, 7) is 5.62. The highest BCUT2D eigenvalue weighted by molar-refractivity contribution is 6.20. The molecule has 0 aliphatic carbocycles. The lowest BCUT2D eigenvalue weighted by Gasteiger charge is -2.19. The van der Waals surface area contributed by atoms with Gasteiger partial charge in [-0.2, -0.15) is 0 Å². The average molecular weight is 283 g/mol. The van der Waals surface area contributed by atoms with Gasteiger partial charge < -0.3 is 4.74 Å². The van der Waals surface area contributed by atoms with Gasteiger partial charge in [0.25, 0.3) is 0 Å². The third-order valence-corrected chi connectivity index (χ3v) is 3.11. The highest BCUT2D eigenvalue weighted by atomic mass is 35.5. The number of esters is 1. The minimum absolute atomic E-state index is 0.0210. The zero-order chi connectivity index (χ0) is 14.3. The van der Waals surface area contributed by atoms with Crippen LogP contribution in [-0.4, -0.2) is 16.9 Å². The molecule has 0 spiro atoms. The number of carbonyl (C=O) groups excluding carboxylic acids is 1. The van der Waals surface area contributed by atoms with Crippen molar-refractivity contribution in [1.29, 1.82) is 0 Å². The van der Waals surface area contributed by atoms with Crippen LogP contribution in [0.5, 0.6) is 0 Å². The van der Waals surface area contributed by atoms with Crippen molar-refractivity contribution in [1.82, 2.24) is 0 Å². The summed E-state index contributed by atoms with van der Waals surface area (Å²) in [7, 11) is 0. The van der Waals surface area contributed by atoms with E-state index < -0.39 is 5.60 Å². The van der Waals surface area contributed by atoms with Crippen molar-refractivity contribution >= 4 is 17.6 Å². The van der Waals surface area contributed by atoms with Gasteiger partial charge in [0.1, 0.15) is 5.60 Å². The molecule has 0 saturated heterocycles. The van der Waals surface area contributed by atoms with Crippen LogP contribution in [0.2, 0.25) is 0 Å². The monoisotopic (exact) mass is 282 g/mol. The van der Waals surface area contributed by atoms with Gasteiger partial charge >= 0.3 is 5.97 Å². The number of benzene rings is 1. The highest BCUT2D eigenvalue weighted by Crippen LogP contribution is 2.16. The van der Waals surface area contributed by atoms with Gasteiger partial charge in [-0.3, -0.25) is 4.79 Å². The van der Waals surface area contributed by atoms with Crippen molar-refractivity contribution in [3.05, 3.63) is 35.9 Å². The molecule has 1 atom stereocenters. The zero-order valence-electron chi connectivity index (χ0n) is 12.0. The summed E-state index contributed by atoms with van der Waals surface area (Å²) in [5.74, 6) is -0.169. The molecule has 0 bridgehead atoms. The molecule has 1 aromatic carbocycles. The van der Waals surface area contributed by atoms with Crippen LogP contribution < -0.4 is 0 Å². The van der Waals surface area contributed by atoms with Gasteiger partial charge in [-0.15, -0.1) is 11.6 Å². The van der Waals surface area contributed by atoms with Crippen LogP contribution in [0.25, 0.3) is 0 Å². The van der Waals surface area contributed by atoms with Gasteiger partial charge in [0.2, 0.25) is 0 Å². The molecule has 19 heavy (non-hydrogen) atoms. The minimum atomic E-state index is -0.414. The predicted octanol–water partition coefficient (Wildman–Crippen LogP) is 4.35. The Hall–Kier alpha value is -1.02. The molecular weight excluding hydrogens is 260 g/mol. The first-order chi connectivity index (χ1) is 8.87. The van der Waals surface area contributed by atoms with Crippen molar-refractivity contribution in [3.8, 4) is 0 Å². The Kier molecular flexibility index (Phi) is 6.36. The molecule has 3 heteroatoms. The lowest BCUT2D eigenvalue weighted by molar-refractivity contribution is -0.154. The normalized spacial score (nSPS) is 13.1. The Morgan fingerprint density at radius 3 is 2.42 bits per heavy atom. The maximum atomic E-state index is 11.6. The molecule has 0 aliphatic heterocycles. The molecule has 0 fully saturated rings. The molecule has 0 radical (unpaired) electrons. The van der Waals surface area contributed by atoms with E-state index in [9.17, 15) is 4.79 Å². The van der Waals surface area contributed by atoms with E-state index in [-0.39, 0.29) is 11.3 Å². The van der Waals surface area contributed by atoms with Gasteiger partial charge in [0.05, 0.1) is 0 Å². The number of aryl methyl sites for hydroxylation is 1.